The van der Waals surface area contributed by atoms with Crippen LogP contribution in [0.5, 0.6) is 5.75 Å². The van der Waals surface area contributed by atoms with E-state index in [2.05, 4.69) is 4.72 Å². The van der Waals surface area contributed by atoms with E-state index in [1.807, 2.05) is 13.8 Å². The molecule has 0 aromatic heterocycles. The summed E-state index contributed by atoms with van der Waals surface area (Å²) in [6, 6.07) is 3.10. The molecule has 0 saturated heterocycles. The zero-order valence-electron chi connectivity index (χ0n) is 11.2. The first kappa shape index (κ1) is 15.9. The van der Waals surface area contributed by atoms with Gasteiger partial charge in [-0.15, -0.1) is 0 Å². The number of hydrogen-bond acceptors (Lipinski definition) is 4. The molecule has 0 aliphatic rings. The van der Waals surface area contributed by atoms with Crippen molar-refractivity contribution in [1.82, 2.24) is 4.72 Å². The van der Waals surface area contributed by atoms with E-state index in [9.17, 15) is 12.8 Å². The maximum atomic E-state index is 13.5. The lowest BCUT2D eigenvalue weighted by Gasteiger charge is -2.20. The van der Waals surface area contributed by atoms with Crippen molar-refractivity contribution in [3.05, 3.63) is 24.0 Å². The minimum atomic E-state index is -3.79. The average Bonchev–Trinajstić information content (AvgIpc) is 2.35. The van der Waals surface area contributed by atoms with E-state index in [4.69, 9.17) is 10.5 Å². The normalized spacial score (nSPS) is 13.6. The highest BCUT2D eigenvalue weighted by Gasteiger charge is 2.22. The molecule has 1 rings (SSSR count). The second kappa shape index (κ2) is 6.31. The fraction of sp³-hybridized carbons (Fsp3) is 0.500. The van der Waals surface area contributed by atoms with E-state index >= 15 is 0 Å². The van der Waals surface area contributed by atoms with Gasteiger partial charge in [-0.3, -0.25) is 0 Å². The van der Waals surface area contributed by atoms with E-state index in [1.54, 1.807) is 0 Å². The quantitative estimate of drug-likeness (QED) is 0.822. The van der Waals surface area contributed by atoms with Gasteiger partial charge in [0.05, 0.1) is 12.0 Å². The van der Waals surface area contributed by atoms with Crippen LogP contribution < -0.4 is 15.2 Å². The van der Waals surface area contributed by atoms with Gasteiger partial charge in [0.1, 0.15) is 0 Å². The smallest absolute Gasteiger partial charge is 0.240 e. The molecule has 0 heterocycles. The number of benzene rings is 1. The lowest BCUT2D eigenvalue weighted by Crippen LogP contribution is -2.43. The van der Waals surface area contributed by atoms with Crippen molar-refractivity contribution in [2.24, 2.45) is 11.7 Å². The Hall–Kier alpha value is -1.18. The molecule has 0 saturated carbocycles. The molecule has 1 atom stereocenters. The molecular formula is C12H19FN2O3S. The van der Waals surface area contributed by atoms with Crippen LogP contribution in [0.4, 0.5) is 4.39 Å². The van der Waals surface area contributed by atoms with Crippen LogP contribution in [-0.2, 0) is 10.0 Å². The Morgan fingerprint density at radius 2 is 2.05 bits per heavy atom. The van der Waals surface area contributed by atoms with Crippen LogP contribution in [0.15, 0.2) is 23.1 Å². The topological polar surface area (TPSA) is 81.4 Å². The summed E-state index contributed by atoms with van der Waals surface area (Å²) in [4.78, 5) is -0.148. The summed E-state index contributed by atoms with van der Waals surface area (Å²) in [5, 5.41) is 0. The number of rotatable bonds is 6. The summed E-state index contributed by atoms with van der Waals surface area (Å²) >= 11 is 0. The van der Waals surface area contributed by atoms with Crippen molar-refractivity contribution >= 4 is 10.0 Å². The van der Waals surface area contributed by atoms with Crippen molar-refractivity contribution in [2.45, 2.75) is 24.8 Å². The molecule has 108 valence electrons. The van der Waals surface area contributed by atoms with Crippen LogP contribution in [-0.4, -0.2) is 28.1 Å². The maximum absolute atomic E-state index is 13.5. The molecular weight excluding hydrogens is 271 g/mol. The van der Waals surface area contributed by atoms with E-state index in [0.717, 1.165) is 6.07 Å². The van der Waals surface area contributed by atoms with Gasteiger partial charge in [0.2, 0.25) is 10.0 Å². The second-order valence-corrected chi connectivity index (χ2v) is 6.22. The molecule has 5 nitrogen and oxygen atoms in total. The molecule has 3 N–H and O–H groups in total. The van der Waals surface area contributed by atoms with Gasteiger partial charge in [-0.25, -0.2) is 17.5 Å². The molecule has 0 aliphatic carbocycles. The summed E-state index contributed by atoms with van der Waals surface area (Å²) in [7, 11) is -2.48. The SMILES string of the molecule is COc1ccc(S(=O)(=O)NC(CN)C(C)C)cc1F. The maximum Gasteiger partial charge on any atom is 0.240 e. The van der Waals surface area contributed by atoms with E-state index in [-0.39, 0.29) is 23.1 Å². The average molecular weight is 290 g/mol. The highest BCUT2D eigenvalue weighted by atomic mass is 32.2. The number of halogens is 1. The summed E-state index contributed by atoms with van der Waals surface area (Å²) in [6.45, 7) is 3.89. The fourth-order valence-electron chi connectivity index (χ4n) is 1.54. The number of nitrogens with one attached hydrogen (secondary N) is 1. The number of ether oxygens (including phenoxy) is 1. The minimum Gasteiger partial charge on any atom is -0.494 e. The van der Waals surface area contributed by atoms with E-state index < -0.39 is 21.9 Å². The number of methoxy groups -OCH3 is 1. The van der Waals surface area contributed by atoms with Crippen molar-refractivity contribution in [3.8, 4) is 5.75 Å². The number of nitrogens with two attached hydrogens (primary N) is 1. The molecule has 1 aromatic carbocycles. The Kier molecular flexibility index (Phi) is 5.28. The van der Waals surface area contributed by atoms with Gasteiger partial charge in [0, 0.05) is 12.6 Å². The standard InChI is InChI=1S/C12H19FN2O3S/c1-8(2)11(7-14)15-19(16,17)9-4-5-12(18-3)10(13)6-9/h4-6,8,11,15H,7,14H2,1-3H3. The lowest BCUT2D eigenvalue weighted by molar-refractivity contribution is 0.385. The third-order valence-corrected chi connectivity index (χ3v) is 4.29. The Labute approximate surface area is 113 Å². The van der Waals surface area contributed by atoms with Crippen molar-refractivity contribution < 1.29 is 17.5 Å². The van der Waals surface area contributed by atoms with Crippen LogP contribution in [0, 0.1) is 11.7 Å². The Morgan fingerprint density at radius 1 is 1.42 bits per heavy atom. The molecule has 7 heteroatoms. The lowest BCUT2D eigenvalue weighted by atomic mass is 10.1. The Morgan fingerprint density at radius 3 is 2.47 bits per heavy atom. The zero-order valence-corrected chi connectivity index (χ0v) is 12.0. The highest BCUT2D eigenvalue weighted by molar-refractivity contribution is 7.89. The molecule has 0 aliphatic heterocycles. The van der Waals surface area contributed by atoms with Gasteiger partial charge in [-0.2, -0.15) is 0 Å². The molecule has 0 amide bonds. The molecule has 19 heavy (non-hydrogen) atoms. The van der Waals surface area contributed by atoms with Gasteiger partial charge in [-0.05, 0) is 24.1 Å². The van der Waals surface area contributed by atoms with Crippen LogP contribution in [0.1, 0.15) is 13.8 Å². The van der Waals surface area contributed by atoms with Crippen LogP contribution >= 0.6 is 0 Å². The van der Waals surface area contributed by atoms with Crippen LogP contribution in [0.25, 0.3) is 0 Å². The van der Waals surface area contributed by atoms with Crippen LogP contribution in [0.3, 0.4) is 0 Å². The molecule has 0 bridgehead atoms. The second-order valence-electron chi connectivity index (χ2n) is 4.50. The zero-order chi connectivity index (χ0) is 14.6. The summed E-state index contributed by atoms with van der Waals surface area (Å²) in [5.41, 5.74) is 5.51. The van der Waals surface area contributed by atoms with Crippen LogP contribution in [0.2, 0.25) is 0 Å². The van der Waals surface area contributed by atoms with Gasteiger partial charge >= 0.3 is 0 Å². The van der Waals surface area contributed by atoms with Gasteiger partial charge in [-0.1, -0.05) is 13.8 Å². The first-order valence-corrected chi connectivity index (χ1v) is 7.36. The summed E-state index contributed by atoms with van der Waals surface area (Å²) in [5.74, 6) is -0.680. The molecule has 1 aromatic rings. The first-order chi connectivity index (χ1) is 8.81. The Balaban J connectivity index is 3.03. The molecule has 0 fully saturated rings. The summed E-state index contributed by atoms with van der Waals surface area (Å²) < 4.78 is 44.9. The fourth-order valence-corrected chi connectivity index (χ4v) is 2.95. The third kappa shape index (κ3) is 3.89. The monoisotopic (exact) mass is 290 g/mol. The first-order valence-electron chi connectivity index (χ1n) is 5.87. The van der Waals surface area contributed by atoms with Gasteiger partial charge < -0.3 is 10.5 Å². The highest BCUT2D eigenvalue weighted by Crippen LogP contribution is 2.21. The predicted octanol–water partition coefficient (Wildman–Crippen LogP) is 1.10. The third-order valence-electron chi connectivity index (χ3n) is 2.80. The van der Waals surface area contributed by atoms with Gasteiger partial charge in [0.25, 0.3) is 0 Å². The number of hydrogen-bond donors (Lipinski definition) is 2. The van der Waals surface area contributed by atoms with E-state index in [1.165, 1.54) is 19.2 Å². The number of sulfonamides is 1. The Bertz CT molecular complexity index is 532. The minimum absolute atomic E-state index is 0.00168. The molecule has 1 unspecified atom stereocenters. The summed E-state index contributed by atoms with van der Waals surface area (Å²) in [6.07, 6.45) is 0. The van der Waals surface area contributed by atoms with Gasteiger partial charge in [0.15, 0.2) is 11.6 Å². The van der Waals surface area contributed by atoms with Crippen molar-refractivity contribution in [1.29, 1.82) is 0 Å². The molecule has 0 radical (unpaired) electrons. The largest absolute Gasteiger partial charge is 0.494 e. The predicted molar refractivity (Wildman–Crippen MR) is 71.0 cm³/mol. The van der Waals surface area contributed by atoms with Crippen molar-refractivity contribution in [3.63, 3.8) is 0 Å². The van der Waals surface area contributed by atoms with E-state index in [0.29, 0.717) is 0 Å². The molecule has 0 spiro atoms. The van der Waals surface area contributed by atoms with Crippen molar-refractivity contribution in [2.75, 3.05) is 13.7 Å².